The lowest BCUT2D eigenvalue weighted by Gasteiger charge is -1.99. The summed E-state index contributed by atoms with van der Waals surface area (Å²) >= 11 is 0. The van der Waals surface area contributed by atoms with Gasteiger partial charge in [0.15, 0.2) is 0 Å². The van der Waals surface area contributed by atoms with E-state index < -0.39 is 0 Å². The average Bonchev–Trinajstić information content (AvgIpc) is 2.50. The van der Waals surface area contributed by atoms with Gasteiger partial charge in [-0.25, -0.2) is 0 Å². The maximum absolute atomic E-state index is 8.51. The molecule has 1 N–H and O–H groups in total. The zero-order valence-electron chi connectivity index (χ0n) is 14.1. The molecule has 0 atom stereocenters. The summed E-state index contributed by atoms with van der Waals surface area (Å²) in [4.78, 5) is 0. The van der Waals surface area contributed by atoms with Crippen LogP contribution in [0.5, 0.6) is 0 Å². The molecule has 0 saturated carbocycles. The molecule has 0 aliphatic carbocycles. The molecule has 21 heavy (non-hydrogen) atoms. The molecule has 0 aliphatic heterocycles. The van der Waals surface area contributed by atoms with E-state index in [4.69, 9.17) is 5.11 Å². The summed E-state index contributed by atoms with van der Waals surface area (Å²) in [6.07, 6.45) is 17.5. The molecular weight excluding hydrogens is 256 g/mol. The lowest BCUT2D eigenvalue weighted by molar-refractivity contribution is 0.350. The Morgan fingerprint density at radius 1 is 0.524 bits per heavy atom. The first kappa shape index (κ1) is 20.1. The van der Waals surface area contributed by atoms with Gasteiger partial charge in [-0.2, -0.15) is 0 Å². The quantitative estimate of drug-likeness (QED) is 0.373. The average molecular weight is 290 g/mol. The Hall–Kier alpha value is -0.920. The molecule has 0 unspecified atom stereocenters. The topological polar surface area (TPSA) is 20.2 Å². The summed E-state index contributed by atoms with van der Waals surface area (Å²) in [5, 5.41) is 8.51. The van der Waals surface area contributed by atoms with Gasteiger partial charge in [-0.15, -0.1) is 17.8 Å². The first-order chi connectivity index (χ1) is 10.4. The summed E-state index contributed by atoms with van der Waals surface area (Å²) in [5.41, 5.74) is 0. The van der Waals surface area contributed by atoms with Gasteiger partial charge in [-0.1, -0.05) is 64.2 Å². The van der Waals surface area contributed by atoms with Crippen LogP contribution in [-0.2, 0) is 0 Å². The van der Waals surface area contributed by atoms with Crippen molar-refractivity contribution >= 4 is 0 Å². The van der Waals surface area contributed by atoms with Crippen molar-refractivity contribution < 1.29 is 5.11 Å². The van der Waals surface area contributed by atoms with Crippen LogP contribution in [0.25, 0.3) is 0 Å². The van der Waals surface area contributed by atoms with Crippen LogP contribution in [-0.4, -0.2) is 11.7 Å². The number of rotatable bonds is 12. The van der Waals surface area contributed by atoms with Crippen LogP contribution in [0.15, 0.2) is 0 Å². The minimum absolute atomic E-state index is 0.00162. The van der Waals surface area contributed by atoms with E-state index in [1.807, 2.05) is 0 Å². The molecule has 0 rings (SSSR count). The van der Waals surface area contributed by atoms with Crippen LogP contribution in [0.1, 0.15) is 96.8 Å². The molecule has 120 valence electrons. The highest BCUT2D eigenvalue weighted by Gasteiger charge is 1.91. The lowest BCUT2D eigenvalue weighted by Crippen LogP contribution is -1.81. The van der Waals surface area contributed by atoms with Crippen molar-refractivity contribution in [3.05, 3.63) is 0 Å². The van der Waals surface area contributed by atoms with E-state index in [-0.39, 0.29) is 6.61 Å². The third-order valence-electron chi connectivity index (χ3n) is 3.59. The van der Waals surface area contributed by atoms with Crippen LogP contribution < -0.4 is 0 Å². The number of hydrogen-bond donors (Lipinski definition) is 1. The van der Waals surface area contributed by atoms with Gasteiger partial charge in [0.2, 0.25) is 0 Å². The number of unbranched alkanes of at least 4 members (excludes halogenated alkanes) is 12. The normalized spacial score (nSPS) is 9.62. The summed E-state index contributed by atoms with van der Waals surface area (Å²) < 4.78 is 0. The van der Waals surface area contributed by atoms with Gasteiger partial charge in [0, 0.05) is 19.3 Å². The molecule has 0 amide bonds. The smallest absolute Gasteiger partial charge is 0.104 e. The Morgan fingerprint density at radius 3 is 1.33 bits per heavy atom. The van der Waals surface area contributed by atoms with Crippen molar-refractivity contribution in [2.75, 3.05) is 6.61 Å². The molecule has 1 nitrogen and oxygen atoms in total. The van der Waals surface area contributed by atoms with Crippen LogP contribution in [0, 0.1) is 23.7 Å². The Bertz CT molecular complexity index is 310. The Morgan fingerprint density at radius 2 is 0.905 bits per heavy atom. The van der Waals surface area contributed by atoms with E-state index in [0.717, 1.165) is 19.3 Å². The second kappa shape index (κ2) is 19.1. The Balaban J connectivity index is 3.10. The highest BCUT2D eigenvalue weighted by molar-refractivity contribution is 4.98. The fourth-order valence-corrected chi connectivity index (χ4v) is 2.27. The second-order valence-electron chi connectivity index (χ2n) is 5.65. The van der Waals surface area contributed by atoms with Gasteiger partial charge in [-0.3, -0.25) is 0 Å². The second-order valence-corrected chi connectivity index (χ2v) is 5.65. The highest BCUT2D eigenvalue weighted by Crippen LogP contribution is 2.09. The van der Waals surface area contributed by atoms with Crippen molar-refractivity contribution in [3.63, 3.8) is 0 Å². The number of aliphatic hydroxyl groups is 1. The van der Waals surface area contributed by atoms with Gasteiger partial charge < -0.3 is 5.11 Å². The molecule has 0 bridgehead atoms. The van der Waals surface area contributed by atoms with Crippen LogP contribution in [0.4, 0.5) is 0 Å². The van der Waals surface area contributed by atoms with Crippen molar-refractivity contribution in [3.8, 4) is 23.7 Å². The fourth-order valence-electron chi connectivity index (χ4n) is 2.27. The zero-order valence-corrected chi connectivity index (χ0v) is 14.1. The molecule has 0 spiro atoms. The maximum atomic E-state index is 8.51. The molecule has 0 aromatic rings. The molecule has 0 radical (unpaired) electrons. The summed E-state index contributed by atoms with van der Waals surface area (Å²) in [6.45, 7) is 2.25. The number of aliphatic hydroxyl groups excluding tert-OH is 1. The van der Waals surface area contributed by atoms with E-state index in [2.05, 4.69) is 30.6 Å². The van der Waals surface area contributed by atoms with E-state index >= 15 is 0 Å². The Kier molecular flexibility index (Phi) is 18.2. The van der Waals surface area contributed by atoms with Gasteiger partial charge in [0.25, 0.3) is 0 Å². The highest BCUT2D eigenvalue weighted by atomic mass is 16.2. The zero-order chi connectivity index (χ0) is 15.4. The molecular formula is C20H34O. The summed E-state index contributed by atoms with van der Waals surface area (Å²) in [5.74, 6) is 12.3. The van der Waals surface area contributed by atoms with Crippen LogP contribution in [0.2, 0.25) is 0 Å². The third-order valence-corrected chi connectivity index (χ3v) is 3.59. The van der Waals surface area contributed by atoms with Gasteiger partial charge in [0.05, 0.1) is 0 Å². The largest absolute Gasteiger partial charge is 0.384 e. The van der Waals surface area contributed by atoms with Crippen LogP contribution in [0.3, 0.4) is 0 Å². The van der Waals surface area contributed by atoms with E-state index in [9.17, 15) is 0 Å². The molecule has 0 heterocycles. The van der Waals surface area contributed by atoms with E-state index in [1.165, 1.54) is 70.6 Å². The van der Waals surface area contributed by atoms with Gasteiger partial charge in [-0.05, 0) is 19.3 Å². The number of hydrogen-bond acceptors (Lipinski definition) is 1. The van der Waals surface area contributed by atoms with Gasteiger partial charge >= 0.3 is 0 Å². The molecule has 0 saturated heterocycles. The Labute approximate surface area is 132 Å². The molecule has 0 aromatic carbocycles. The fraction of sp³-hybridized carbons (Fsp3) is 0.800. The van der Waals surface area contributed by atoms with Crippen LogP contribution >= 0.6 is 0 Å². The predicted octanol–water partition coefficient (Wildman–Crippen LogP) is 5.47. The van der Waals surface area contributed by atoms with E-state index in [1.54, 1.807) is 0 Å². The molecule has 0 aliphatic rings. The molecule has 0 fully saturated rings. The molecule has 0 aromatic heterocycles. The van der Waals surface area contributed by atoms with Crippen molar-refractivity contribution in [2.45, 2.75) is 96.8 Å². The van der Waals surface area contributed by atoms with Gasteiger partial charge in [0.1, 0.15) is 6.61 Å². The first-order valence-electron chi connectivity index (χ1n) is 8.94. The summed E-state index contributed by atoms with van der Waals surface area (Å²) in [7, 11) is 0. The van der Waals surface area contributed by atoms with E-state index in [0.29, 0.717) is 0 Å². The molecule has 1 heteroatoms. The maximum Gasteiger partial charge on any atom is 0.104 e. The predicted molar refractivity (Wildman–Crippen MR) is 92.9 cm³/mol. The minimum atomic E-state index is 0.00162. The first-order valence-corrected chi connectivity index (χ1v) is 8.94. The SMILES string of the molecule is CCCCCCC#CCCCCCCCCCC#CCO. The standard InChI is InChI=1S/C20H34O/c1-2-3-4-5-6-7-8-9-10-11-12-13-14-15-16-17-18-19-20-21/h21H,2-6,9-17,20H2,1H3. The monoisotopic (exact) mass is 290 g/mol. The van der Waals surface area contributed by atoms with Crippen molar-refractivity contribution in [1.82, 2.24) is 0 Å². The lowest BCUT2D eigenvalue weighted by atomic mass is 10.1. The minimum Gasteiger partial charge on any atom is -0.384 e. The van der Waals surface area contributed by atoms with Crippen molar-refractivity contribution in [1.29, 1.82) is 0 Å². The van der Waals surface area contributed by atoms with Crippen molar-refractivity contribution in [2.24, 2.45) is 0 Å². The summed E-state index contributed by atoms with van der Waals surface area (Å²) in [6, 6.07) is 0. The third kappa shape index (κ3) is 19.1.